The van der Waals surface area contributed by atoms with E-state index < -0.39 is 0 Å². The number of nitrogens with one attached hydrogen (secondary N) is 1. The van der Waals surface area contributed by atoms with E-state index in [9.17, 15) is 0 Å². The van der Waals surface area contributed by atoms with Crippen molar-refractivity contribution in [3.05, 3.63) is 18.0 Å². The summed E-state index contributed by atoms with van der Waals surface area (Å²) < 4.78 is 1.74. The second-order valence-corrected chi connectivity index (χ2v) is 2.24. The molecule has 1 aromatic heterocycles. The lowest BCUT2D eigenvalue weighted by Crippen LogP contribution is -2.13. The van der Waals surface area contributed by atoms with E-state index in [-0.39, 0.29) is 0 Å². The Morgan fingerprint density at radius 3 is 3.18 bits per heavy atom. The van der Waals surface area contributed by atoms with Crippen LogP contribution >= 0.6 is 0 Å². The molecular formula is C7H10N4. The van der Waals surface area contributed by atoms with Crippen LogP contribution in [0.1, 0.15) is 5.69 Å². The van der Waals surface area contributed by atoms with E-state index in [1.807, 2.05) is 25.4 Å². The smallest absolute Gasteiger partial charge is 0.0844 e. The Morgan fingerprint density at radius 2 is 2.64 bits per heavy atom. The van der Waals surface area contributed by atoms with Gasteiger partial charge in [0.15, 0.2) is 0 Å². The van der Waals surface area contributed by atoms with Gasteiger partial charge in [-0.05, 0) is 6.07 Å². The third-order valence-electron chi connectivity index (χ3n) is 1.28. The maximum absolute atomic E-state index is 8.21. The first kappa shape index (κ1) is 7.76. The van der Waals surface area contributed by atoms with Crippen molar-refractivity contribution in [3.8, 4) is 6.07 Å². The molecule has 0 aliphatic heterocycles. The summed E-state index contributed by atoms with van der Waals surface area (Å²) in [6.07, 6.45) is 1.88. The molecule has 1 aromatic rings. The lowest BCUT2D eigenvalue weighted by atomic mass is 10.4. The lowest BCUT2D eigenvalue weighted by molar-refractivity contribution is 0.695. The first-order valence-corrected chi connectivity index (χ1v) is 3.39. The largest absolute Gasteiger partial charge is 0.299 e. The van der Waals surface area contributed by atoms with Gasteiger partial charge in [-0.3, -0.25) is 10.00 Å². The minimum Gasteiger partial charge on any atom is -0.299 e. The molecule has 0 bridgehead atoms. The molecule has 1 N–H and O–H groups in total. The first-order valence-electron chi connectivity index (χ1n) is 3.39. The van der Waals surface area contributed by atoms with Crippen molar-refractivity contribution < 1.29 is 0 Å². The Hall–Kier alpha value is -1.34. The van der Waals surface area contributed by atoms with Crippen LogP contribution in [0.4, 0.5) is 0 Å². The molecule has 0 atom stereocenters. The number of nitrogens with zero attached hydrogens (tertiary/aromatic N) is 3. The molecular weight excluding hydrogens is 140 g/mol. The maximum Gasteiger partial charge on any atom is 0.0844 e. The topological polar surface area (TPSA) is 53.6 Å². The zero-order valence-electron chi connectivity index (χ0n) is 6.41. The Labute approximate surface area is 65.4 Å². The molecule has 0 fully saturated rings. The summed E-state index contributed by atoms with van der Waals surface area (Å²) in [6, 6.07) is 3.92. The fourth-order valence-electron chi connectivity index (χ4n) is 0.804. The average molecular weight is 150 g/mol. The Kier molecular flexibility index (Phi) is 2.64. The second kappa shape index (κ2) is 3.74. The third kappa shape index (κ3) is 2.40. The highest BCUT2D eigenvalue weighted by molar-refractivity contribution is 4.98. The first-order chi connectivity index (χ1) is 5.33. The van der Waals surface area contributed by atoms with Crippen LogP contribution in [0.5, 0.6) is 0 Å². The SMILES string of the molecule is Cn1ccc(CNCC#N)n1. The molecule has 0 aromatic carbocycles. The van der Waals surface area contributed by atoms with Crippen molar-refractivity contribution in [1.29, 1.82) is 5.26 Å². The number of aryl methyl sites for hydroxylation is 1. The lowest BCUT2D eigenvalue weighted by Gasteiger charge is -1.93. The fraction of sp³-hybridized carbons (Fsp3) is 0.429. The average Bonchev–Trinajstić information content (AvgIpc) is 2.37. The standard InChI is InChI=1S/C7H10N4/c1-11-5-2-7(10-11)6-9-4-3-8/h2,5,9H,4,6H2,1H3. The van der Waals surface area contributed by atoms with Crippen molar-refractivity contribution >= 4 is 0 Å². The zero-order chi connectivity index (χ0) is 8.10. The molecule has 0 unspecified atom stereocenters. The van der Waals surface area contributed by atoms with Crippen molar-refractivity contribution in [2.45, 2.75) is 6.54 Å². The van der Waals surface area contributed by atoms with Gasteiger partial charge in [-0.15, -0.1) is 0 Å². The fourth-order valence-corrected chi connectivity index (χ4v) is 0.804. The predicted molar refractivity (Wildman–Crippen MR) is 40.5 cm³/mol. The molecule has 4 nitrogen and oxygen atoms in total. The van der Waals surface area contributed by atoms with Gasteiger partial charge >= 0.3 is 0 Å². The Balaban J connectivity index is 2.34. The highest BCUT2D eigenvalue weighted by Gasteiger charge is 1.93. The Bertz CT molecular complexity index is 258. The van der Waals surface area contributed by atoms with Crippen LogP contribution in [0.2, 0.25) is 0 Å². The van der Waals surface area contributed by atoms with Crippen LogP contribution in [0, 0.1) is 11.3 Å². The summed E-state index contributed by atoms with van der Waals surface area (Å²) in [5.41, 5.74) is 0.961. The highest BCUT2D eigenvalue weighted by atomic mass is 15.3. The van der Waals surface area contributed by atoms with E-state index in [1.165, 1.54) is 0 Å². The summed E-state index contributed by atoms with van der Waals surface area (Å²) in [5, 5.41) is 15.3. The van der Waals surface area contributed by atoms with E-state index in [2.05, 4.69) is 10.4 Å². The molecule has 0 saturated carbocycles. The number of aromatic nitrogens is 2. The van der Waals surface area contributed by atoms with Crippen molar-refractivity contribution in [1.82, 2.24) is 15.1 Å². The van der Waals surface area contributed by atoms with Crippen LogP contribution in [-0.4, -0.2) is 16.3 Å². The summed E-state index contributed by atoms with van der Waals surface area (Å²) >= 11 is 0. The van der Waals surface area contributed by atoms with Gasteiger partial charge in [0, 0.05) is 19.8 Å². The molecule has 58 valence electrons. The van der Waals surface area contributed by atoms with E-state index in [1.54, 1.807) is 4.68 Å². The molecule has 1 rings (SSSR count). The zero-order valence-corrected chi connectivity index (χ0v) is 6.41. The van der Waals surface area contributed by atoms with Crippen molar-refractivity contribution in [3.63, 3.8) is 0 Å². The van der Waals surface area contributed by atoms with Gasteiger partial charge < -0.3 is 0 Å². The van der Waals surface area contributed by atoms with Gasteiger partial charge in [-0.1, -0.05) is 0 Å². The van der Waals surface area contributed by atoms with Crippen LogP contribution < -0.4 is 5.32 Å². The molecule has 0 aliphatic rings. The molecule has 0 aliphatic carbocycles. The maximum atomic E-state index is 8.21. The number of nitriles is 1. The van der Waals surface area contributed by atoms with E-state index in [4.69, 9.17) is 5.26 Å². The van der Waals surface area contributed by atoms with Crippen molar-refractivity contribution in [2.75, 3.05) is 6.54 Å². The normalized spacial score (nSPS) is 9.45. The van der Waals surface area contributed by atoms with Gasteiger partial charge in [0.25, 0.3) is 0 Å². The van der Waals surface area contributed by atoms with Gasteiger partial charge in [0.1, 0.15) is 0 Å². The molecule has 0 spiro atoms. The predicted octanol–water partition coefficient (Wildman–Crippen LogP) is 0.0333. The van der Waals surface area contributed by atoms with Gasteiger partial charge in [-0.2, -0.15) is 10.4 Å². The summed E-state index contributed by atoms with van der Waals surface area (Å²) in [7, 11) is 1.87. The summed E-state index contributed by atoms with van der Waals surface area (Å²) in [4.78, 5) is 0. The number of rotatable bonds is 3. The van der Waals surface area contributed by atoms with Crippen LogP contribution in [0.25, 0.3) is 0 Å². The minimum absolute atomic E-state index is 0.372. The van der Waals surface area contributed by atoms with Crippen LogP contribution in [-0.2, 0) is 13.6 Å². The monoisotopic (exact) mass is 150 g/mol. The van der Waals surface area contributed by atoms with E-state index in [0.29, 0.717) is 13.1 Å². The van der Waals surface area contributed by atoms with Crippen LogP contribution in [0.15, 0.2) is 12.3 Å². The van der Waals surface area contributed by atoms with Crippen molar-refractivity contribution in [2.24, 2.45) is 7.05 Å². The summed E-state index contributed by atoms with van der Waals surface area (Å²) in [5.74, 6) is 0. The molecule has 0 radical (unpaired) electrons. The van der Waals surface area contributed by atoms with E-state index in [0.717, 1.165) is 5.69 Å². The molecule has 1 heterocycles. The quantitative estimate of drug-likeness (QED) is 0.488. The van der Waals surface area contributed by atoms with Crippen LogP contribution in [0.3, 0.4) is 0 Å². The minimum atomic E-state index is 0.372. The molecule has 0 amide bonds. The van der Waals surface area contributed by atoms with Gasteiger partial charge in [0.2, 0.25) is 0 Å². The third-order valence-corrected chi connectivity index (χ3v) is 1.28. The Morgan fingerprint density at radius 1 is 1.82 bits per heavy atom. The van der Waals surface area contributed by atoms with Gasteiger partial charge in [-0.25, -0.2) is 0 Å². The highest BCUT2D eigenvalue weighted by Crippen LogP contribution is 1.91. The molecule has 4 heteroatoms. The number of hydrogen-bond donors (Lipinski definition) is 1. The number of hydrogen-bond acceptors (Lipinski definition) is 3. The second-order valence-electron chi connectivity index (χ2n) is 2.24. The summed E-state index contributed by atoms with van der Waals surface area (Å²) in [6.45, 7) is 1.03. The van der Waals surface area contributed by atoms with Gasteiger partial charge in [0.05, 0.1) is 18.3 Å². The molecule has 11 heavy (non-hydrogen) atoms. The molecule has 0 saturated heterocycles. The van der Waals surface area contributed by atoms with E-state index >= 15 is 0 Å².